The van der Waals surface area contributed by atoms with Gasteiger partial charge in [0.15, 0.2) is 0 Å². The highest BCUT2D eigenvalue weighted by Gasteiger charge is 2.34. The van der Waals surface area contributed by atoms with Crippen LogP contribution in [0.5, 0.6) is 0 Å². The fraction of sp³-hybridized carbons (Fsp3) is 0.929. The van der Waals surface area contributed by atoms with Crippen LogP contribution in [-0.2, 0) is 4.74 Å². The maximum atomic E-state index is 11.7. The predicted molar refractivity (Wildman–Crippen MR) is 74.8 cm³/mol. The molecule has 1 unspecified atom stereocenters. The Labute approximate surface area is 115 Å². The highest BCUT2D eigenvalue weighted by atomic mass is 16.6. The van der Waals surface area contributed by atoms with Crippen LogP contribution in [-0.4, -0.2) is 35.0 Å². The number of hydrogen-bond acceptors (Lipinski definition) is 4. The van der Waals surface area contributed by atoms with Gasteiger partial charge in [-0.05, 0) is 59.3 Å². The molecule has 0 aromatic rings. The number of hydrogen-bond donors (Lipinski definition) is 3. The lowest BCUT2D eigenvalue weighted by atomic mass is 9.76. The zero-order valence-electron chi connectivity index (χ0n) is 12.5. The standard InChI is InChI=1S/C14H28N2O3/c1-13(2,3)19-12(17)16-11-7-5-10(6-8-11)14(4,18)9-15/h10-11,18H,5-9,15H2,1-4H3,(H,16,17). The van der Waals surface area contributed by atoms with E-state index in [0.29, 0.717) is 0 Å². The van der Waals surface area contributed by atoms with Gasteiger partial charge in [0, 0.05) is 12.6 Å². The second kappa shape index (κ2) is 6.09. The molecule has 5 heteroatoms. The fourth-order valence-corrected chi connectivity index (χ4v) is 2.50. The Morgan fingerprint density at radius 1 is 1.26 bits per heavy atom. The summed E-state index contributed by atoms with van der Waals surface area (Å²) >= 11 is 0. The van der Waals surface area contributed by atoms with Gasteiger partial charge in [0.1, 0.15) is 5.60 Å². The zero-order valence-corrected chi connectivity index (χ0v) is 12.5. The van der Waals surface area contributed by atoms with Crippen LogP contribution in [0.25, 0.3) is 0 Å². The van der Waals surface area contributed by atoms with Gasteiger partial charge in [0.2, 0.25) is 0 Å². The van der Waals surface area contributed by atoms with Crippen LogP contribution in [0.3, 0.4) is 0 Å². The molecule has 1 saturated carbocycles. The SMILES string of the molecule is CC(C)(C)OC(=O)NC1CCC(C(C)(O)CN)CC1. The Balaban J connectivity index is 2.37. The van der Waals surface area contributed by atoms with Crippen molar-refractivity contribution in [2.45, 2.75) is 70.6 Å². The molecule has 0 aromatic carbocycles. The number of rotatable bonds is 3. The van der Waals surface area contributed by atoms with Crippen molar-refractivity contribution in [1.29, 1.82) is 0 Å². The molecule has 1 atom stereocenters. The molecule has 0 aliphatic heterocycles. The molecule has 0 saturated heterocycles. The average Bonchev–Trinajstić information content (AvgIpc) is 2.27. The van der Waals surface area contributed by atoms with Gasteiger partial charge in [0.05, 0.1) is 5.60 Å². The minimum atomic E-state index is -0.795. The van der Waals surface area contributed by atoms with Crippen molar-refractivity contribution in [3.8, 4) is 0 Å². The first-order valence-corrected chi connectivity index (χ1v) is 7.06. The van der Waals surface area contributed by atoms with E-state index in [1.165, 1.54) is 0 Å². The number of nitrogens with one attached hydrogen (secondary N) is 1. The molecule has 1 rings (SSSR count). The quantitative estimate of drug-likeness (QED) is 0.731. The average molecular weight is 272 g/mol. The van der Waals surface area contributed by atoms with E-state index >= 15 is 0 Å². The topological polar surface area (TPSA) is 84.6 Å². The monoisotopic (exact) mass is 272 g/mol. The first-order valence-electron chi connectivity index (χ1n) is 7.06. The third kappa shape index (κ3) is 5.37. The Hall–Kier alpha value is -0.810. The summed E-state index contributed by atoms with van der Waals surface area (Å²) in [6.45, 7) is 7.62. The molecule has 0 radical (unpaired) electrons. The van der Waals surface area contributed by atoms with Gasteiger partial charge in [-0.25, -0.2) is 4.79 Å². The smallest absolute Gasteiger partial charge is 0.407 e. The summed E-state index contributed by atoms with van der Waals surface area (Å²) in [6, 6.07) is 0.139. The fourth-order valence-electron chi connectivity index (χ4n) is 2.50. The van der Waals surface area contributed by atoms with Crippen molar-refractivity contribution < 1.29 is 14.6 Å². The van der Waals surface area contributed by atoms with Crippen molar-refractivity contribution in [2.24, 2.45) is 11.7 Å². The molecule has 0 heterocycles. The van der Waals surface area contributed by atoms with E-state index in [0.717, 1.165) is 25.7 Å². The van der Waals surface area contributed by atoms with Crippen molar-refractivity contribution >= 4 is 6.09 Å². The maximum absolute atomic E-state index is 11.7. The molecule has 1 fully saturated rings. The predicted octanol–water partition coefficient (Wildman–Crippen LogP) is 1.78. The summed E-state index contributed by atoms with van der Waals surface area (Å²) in [5.74, 6) is 0.217. The molecule has 0 bridgehead atoms. The van der Waals surface area contributed by atoms with E-state index in [-0.39, 0.29) is 24.6 Å². The van der Waals surface area contributed by atoms with Gasteiger partial charge < -0.3 is 20.9 Å². The largest absolute Gasteiger partial charge is 0.444 e. The van der Waals surface area contributed by atoms with Crippen LogP contribution in [0.15, 0.2) is 0 Å². The lowest BCUT2D eigenvalue weighted by Crippen LogP contribution is -2.47. The van der Waals surface area contributed by atoms with Crippen LogP contribution in [0.4, 0.5) is 4.79 Å². The number of amides is 1. The molecule has 5 nitrogen and oxygen atoms in total. The summed E-state index contributed by atoms with van der Waals surface area (Å²) in [5.41, 5.74) is 4.32. The number of aliphatic hydroxyl groups is 1. The zero-order chi connectivity index (χ0) is 14.7. The minimum Gasteiger partial charge on any atom is -0.444 e. The Morgan fingerprint density at radius 2 is 1.79 bits per heavy atom. The Bertz CT molecular complexity index is 302. The Kier molecular flexibility index (Phi) is 5.21. The molecule has 0 spiro atoms. The van der Waals surface area contributed by atoms with Gasteiger partial charge in [-0.15, -0.1) is 0 Å². The van der Waals surface area contributed by atoms with Gasteiger partial charge in [-0.3, -0.25) is 0 Å². The van der Waals surface area contributed by atoms with Gasteiger partial charge in [-0.2, -0.15) is 0 Å². The summed E-state index contributed by atoms with van der Waals surface area (Å²) in [5, 5.41) is 13.0. The van der Waals surface area contributed by atoms with E-state index in [4.69, 9.17) is 10.5 Å². The van der Waals surface area contributed by atoms with E-state index in [2.05, 4.69) is 5.32 Å². The maximum Gasteiger partial charge on any atom is 0.407 e. The highest BCUT2D eigenvalue weighted by molar-refractivity contribution is 5.68. The Morgan fingerprint density at radius 3 is 2.21 bits per heavy atom. The summed E-state index contributed by atoms with van der Waals surface area (Å²) < 4.78 is 5.24. The molecular weight excluding hydrogens is 244 g/mol. The normalized spacial score (nSPS) is 27.5. The van der Waals surface area contributed by atoms with Gasteiger partial charge in [-0.1, -0.05) is 0 Å². The van der Waals surface area contributed by atoms with Crippen LogP contribution in [0.2, 0.25) is 0 Å². The second-order valence-corrected chi connectivity index (χ2v) is 6.76. The second-order valence-electron chi connectivity index (χ2n) is 6.76. The van der Waals surface area contributed by atoms with Gasteiger partial charge >= 0.3 is 6.09 Å². The number of nitrogens with two attached hydrogens (primary N) is 1. The van der Waals surface area contributed by atoms with Crippen molar-refractivity contribution in [3.63, 3.8) is 0 Å². The molecule has 0 aromatic heterocycles. The summed E-state index contributed by atoms with van der Waals surface area (Å²) in [4.78, 5) is 11.7. The number of ether oxygens (including phenoxy) is 1. The summed E-state index contributed by atoms with van der Waals surface area (Å²) in [6.07, 6.45) is 3.12. The number of alkyl carbamates (subject to hydrolysis) is 1. The molecule has 1 aliphatic rings. The van der Waals surface area contributed by atoms with Crippen LogP contribution in [0.1, 0.15) is 53.4 Å². The van der Waals surface area contributed by atoms with E-state index in [1.807, 2.05) is 20.8 Å². The van der Waals surface area contributed by atoms with Crippen molar-refractivity contribution in [2.75, 3.05) is 6.54 Å². The third-order valence-corrected chi connectivity index (χ3v) is 3.74. The van der Waals surface area contributed by atoms with Crippen molar-refractivity contribution in [1.82, 2.24) is 5.32 Å². The first-order chi connectivity index (χ1) is 8.64. The van der Waals surface area contributed by atoms with E-state index in [9.17, 15) is 9.90 Å². The molecule has 1 aliphatic carbocycles. The number of carbonyl (C=O) groups is 1. The van der Waals surface area contributed by atoms with Crippen molar-refractivity contribution in [3.05, 3.63) is 0 Å². The highest BCUT2D eigenvalue weighted by Crippen LogP contribution is 2.32. The van der Waals surface area contributed by atoms with Gasteiger partial charge in [0.25, 0.3) is 0 Å². The molecule has 4 N–H and O–H groups in total. The molecular formula is C14H28N2O3. The first kappa shape index (κ1) is 16.2. The van der Waals surface area contributed by atoms with Crippen LogP contribution in [0, 0.1) is 5.92 Å². The molecule has 112 valence electrons. The van der Waals surface area contributed by atoms with Crippen LogP contribution < -0.4 is 11.1 Å². The van der Waals surface area contributed by atoms with E-state index < -0.39 is 11.2 Å². The third-order valence-electron chi connectivity index (χ3n) is 3.74. The lowest BCUT2D eigenvalue weighted by Gasteiger charge is -2.37. The summed E-state index contributed by atoms with van der Waals surface area (Å²) in [7, 11) is 0. The molecule has 1 amide bonds. The molecule has 19 heavy (non-hydrogen) atoms. The minimum absolute atomic E-state index is 0.139. The number of carbonyl (C=O) groups excluding carboxylic acids is 1. The van der Waals surface area contributed by atoms with Crippen LogP contribution >= 0.6 is 0 Å². The van der Waals surface area contributed by atoms with E-state index in [1.54, 1.807) is 6.92 Å². The lowest BCUT2D eigenvalue weighted by molar-refractivity contribution is -0.0122.